The maximum atomic E-state index is 12.4. The van der Waals surface area contributed by atoms with Gasteiger partial charge in [-0.05, 0) is 52.2 Å². The highest BCUT2D eigenvalue weighted by molar-refractivity contribution is 9.10. The summed E-state index contributed by atoms with van der Waals surface area (Å²) in [5.74, 6) is 0.485. The number of nitrogens with one attached hydrogen (secondary N) is 1. The van der Waals surface area contributed by atoms with Crippen molar-refractivity contribution < 1.29 is 4.79 Å². The molecule has 1 heterocycles. The molecule has 2 aromatic carbocycles. The van der Waals surface area contributed by atoms with Gasteiger partial charge in [0.15, 0.2) is 0 Å². The van der Waals surface area contributed by atoms with Crippen LogP contribution in [-0.2, 0) is 17.8 Å². The Hall–Kier alpha value is -1.85. The van der Waals surface area contributed by atoms with Gasteiger partial charge in [0.2, 0.25) is 11.9 Å². The van der Waals surface area contributed by atoms with Crippen LogP contribution in [0.4, 0.5) is 5.95 Å². The molecule has 0 aliphatic rings. The molecule has 0 aliphatic carbocycles. The van der Waals surface area contributed by atoms with E-state index in [1.54, 1.807) is 12.1 Å². The molecule has 0 atom stereocenters. The third kappa shape index (κ3) is 3.62. The van der Waals surface area contributed by atoms with Gasteiger partial charge in [0, 0.05) is 16.0 Å². The predicted molar refractivity (Wildman–Crippen MR) is 102 cm³/mol. The summed E-state index contributed by atoms with van der Waals surface area (Å²) >= 11 is 9.40. The first kappa shape index (κ1) is 17.0. The zero-order valence-electron chi connectivity index (χ0n) is 13.2. The normalized spacial score (nSPS) is 11.0. The Morgan fingerprint density at radius 3 is 2.71 bits per heavy atom. The molecule has 3 rings (SSSR count). The number of hydrogen-bond donors (Lipinski definition) is 1. The van der Waals surface area contributed by atoms with Crippen LogP contribution in [0.3, 0.4) is 0 Å². The second-order valence-electron chi connectivity index (χ2n) is 5.55. The number of fused-ring (bicyclic) bond motifs is 1. The van der Waals surface area contributed by atoms with Crippen LogP contribution in [0, 0.1) is 0 Å². The summed E-state index contributed by atoms with van der Waals surface area (Å²) in [4.78, 5) is 17.0. The van der Waals surface area contributed by atoms with Gasteiger partial charge in [0.05, 0.1) is 11.9 Å². The lowest BCUT2D eigenvalue weighted by Gasteiger charge is -2.09. The summed E-state index contributed by atoms with van der Waals surface area (Å²) in [7, 11) is 0. The van der Waals surface area contributed by atoms with Crippen molar-refractivity contribution in [1.29, 1.82) is 0 Å². The lowest BCUT2D eigenvalue weighted by atomic mass is 10.1. The van der Waals surface area contributed by atoms with E-state index in [1.165, 1.54) is 0 Å². The molecule has 6 heteroatoms. The predicted octanol–water partition coefficient (Wildman–Crippen LogP) is 5.04. The van der Waals surface area contributed by atoms with Crippen LogP contribution < -0.4 is 5.32 Å². The molecule has 124 valence electrons. The third-order valence-corrected chi connectivity index (χ3v) is 4.60. The van der Waals surface area contributed by atoms with Crippen LogP contribution in [0.2, 0.25) is 5.02 Å². The van der Waals surface area contributed by atoms with Gasteiger partial charge in [0.1, 0.15) is 5.52 Å². The van der Waals surface area contributed by atoms with Crippen LogP contribution >= 0.6 is 27.5 Å². The summed E-state index contributed by atoms with van der Waals surface area (Å²) in [6, 6.07) is 13.2. The van der Waals surface area contributed by atoms with E-state index in [1.807, 2.05) is 34.9 Å². The van der Waals surface area contributed by atoms with Gasteiger partial charge < -0.3 is 4.57 Å². The Balaban J connectivity index is 1.85. The monoisotopic (exact) mass is 405 g/mol. The first-order chi connectivity index (χ1) is 11.6. The van der Waals surface area contributed by atoms with Crippen molar-refractivity contribution in [2.24, 2.45) is 0 Å². The fourth-order valence-corrected chi connectivity index (χ4v) is 3.19. The van der Waals surface area contributed by atoms with E-state index in [0.29, 0.717) is 11.0 Å². The number of rotatable bonds is 5. The van der Waals surface area contributed by atoms with Gasteiger partial charge in [-0.2, -0.15) is 0 Å². The number of imidazole rings is 1. The number of hydrogen-bond acceptors (Lipinski definition) is 2. The summed E-state index contributed by atoms with van der Waals surface area (Å²) in [6.07, 6.45) is 1.24. The fourth-order valence-electron chi connectivity index (χ4n) is 2.61. The lowest BCUT2D eigenvalue weighted by Crippen LogP contribution is -2.18. The van der Waals surface area contributed by atoms with Gasteiger partial charge in [-0.3, -0.25) is 10.1 Å². The van der Waals surface area contributed by atoms with Crippen molar-refractivity contribution in [3.05, 3.63) is 57.5 Å². The highest BCUT2D eigenvalue weighted by atomic mass is 79.9. The Kier molecular flexibility index (Phi) is 5.21. The number of benzene rings is 2. The number of carbonyl (C=O) groups is 1. The SMILES string of the molecule is CCCn1c(NC(=O)Cc2ccc(Cl)cc2)nc2c(Br)cccc21. The molecular weight excluding hydrogens is 390 g/mol. The molecule has 0 saturated heterocycles. The number of aromatic nitrogens is 2. The van der Waals surface area contributed by atoms with Gasteiger partial charge in [-0.25, -0.2) is 4.98 Å². The molecule has 0 unspecified atom stereocenters. The molecule has 0 spiro atoms. The average Bonchev–Trinajstić information content (AvgIpc) is 2.89. The van der Waals surface area contributed by atoms with E-state index in [-0.39, 0.29) is 12.3 Å². The second-order valence-corrected chi connectivity index (χ2v) is 6.84. The molecule has 0 aliphatic heterocycles. The van der Waals surface area contributed by atoms with E-state index in [2.05, 4.69) is 33.2 Å². The summed E-state index contributed by atoms with van der Waals surface area (Å²) < 4.78 is 2.96. The number of nitrogens with zero attached hydrogens (tertiary/aromatic N) is 2. The van der Waals surface area contributed by atoms with E-state index in [4.69, 9.17) is 11.6 Å². The molecule has 1 N–H and O–H groups in total. The molecule has 1 amide bonds. The first-order valence-corrected chi connectivity index (χ1v) is 8.94. The smallest absolute Gasteiger partial charge is 0.231 e. The molecular formula is C18H17BrClN3O. The average molecular weight is 407 g/mol. The molecule has 24 heavy (non-hydrogen) atoms. The summed E-state index contributed by atoms with van der Waals surface area (Å²) in [6.45, 7) is 2.90. The minimum absolute atomic E-state index is 0.0962. The Morgan fingerprint density at radius 1 is 1.25 bits per heavy atom. The Labute approximate surface area is 154 Å². The van der Waals surface area contributed by atoms with Crippen molar-refractivity contribution in [3.63, 3.8) is 0 Å². The number of amides is 1. The van der Waals surface area contributed by atoms with Crippen LogP contribution in [0.15, 0.2) is 46.9 Å². The van der Waals surface area contributed by atoms with E-state index < -0.39 is 0 Å². The van der Waals surface area contributed by atoms with Crippen LogP contribution in [0.1, 0.15) is 18.9 Å². The molecule has 0 radical (unpaired) electrons. The number of halogens is 2. The zero-order valence-corrected chi connectivity index (χ0v) is 15.6. The van der Waals surface area contributed by atoms with Crippen LogP contribution in [0.5, 0.6) is 0 Å². The Bertz CT molecular complexity index is 874. The van der Waals surface area contributed by atoms with Gasteiger partial charge in [0.25, 0.3) is 0 Å². The van der Waals surface area contributed by atoms with Gasteiger partial charge >= 0.3 is 0 Å². The van der Waals surface area contributed by atoms with Gasteiger partial charge in [-0.15, -0.1) is 0 Å². The molecule has 0 saturated carbocycles. The number of anilines is 1. The maximum Gasteiger partial charge on any atom is 0.231 e. The minimum Gasteiger partial charge on any atom is -0.310 e. The molecule has 0 bridgehead atoms. The second kappa shape index (κ2) is 7.36. The number of para-hydroxylation sites is 1. The quantitative estimate of drug-likeness (QED) is 0.645. The van der Waals surface area contributed by atoms with Crippen molar-refractivity contribution in [1.82, 2.24) is 9.55 Å². The molecule has 3 aromatic rings. The minimum atomic E-state index is -0.0962. The van der Waals surface area contributed by atoms with Crippen molar-refractivity contribution in [2.45, 2.75) is 26.3 Å². The lowest BCUT2D eigenvalue weighted by molar-refractivity contribution is -0.115. The molecule has 4 nitrogen and oxygen atoms in total. The standard InChI is InChI=1S/C18H17BrClN3O/c1-2-10-23-15-5-3-4-14(19)17(15)22-18(23)21-16(24)11-12-6-8-13(20)9-7-12/h3-9H,2,10-11H2,1H3,(H,21,22,24). The number of carbonyl (C=O) groups excluding carboxylic acids is 1. The van der Waals surface area contributed by atoms with Crippen LogP contribution in [0.25, 0.3) is 11.0 Å². The van der Waals surface area contributed by atoms with Gasteiger partial charge in [-0.1, -0.05) is 36.7 Å². The van der Waals surface area contributed by atoms with Crippen molar-refractivity contribution in [2.75, 3.05) is 5.32 Å². The van der Waals surface area contributed by atoms with E-state index >= 15 is 0 Å². The Morgan fingerprint density at radius 2 is 2.00 bits per heavy atom. The fraction of sp³-hybridized carbons (Fsp3) is 0.222. The third-order valence-electron chi connectivity index (χ3n) is 3.71. The molecule has 1 aromatic heterocycles. The first-order valence-electron chi connectivity index (χ1n) is 7.77. The van der Waals surface area contributed by atoms with Crippen molar-refractivity contribution >= 4 is 50.4 Å². The summed E-state index contributed by atoms with van der Waals surface area (Å²) in [5.41, 5.74) is 2.77. The largest absolute Gasteiger partial charge is 0.310 e. The van der Waals surface area contributed by atoms with E-state index in [9.17, 15) is 4.79 Å². The summed E-state index contributed by atoms with van der Waals surface area (Å²) in [5, 5.41) is 3.60. The highest BCUT2D eigenvalue weighted by Crippen LogP contribution is 2.27. The van der Waals surface area contributed by atoms with Crippen LogP contribution in [-0.4, -0.2) is 15.5 Å². The highest BCUT2D eigenvalue weighted by Gasteiger charge is 2.14. The molecule has 0 fully saturated rings. The van der Waals surface area contributed by atoms with Crippen molar-refractivity contribution in [3.8, 4) is 0 Å². The topological polar surface area (TPSA) is 46.9 Å². The maximum absolute atomic E-state index is 12.4. The zero-order chi connectivity index (χ0) is 17.1. The number of aryl methyl sites for hydroxylation is 1. The van der Waals surface area contributed by atoms with E-state index in [0.717, 1.165) is 34.0 Å².